The van der Waals surface area contributed by atoms with Gasteiger partial charge in [-0.15, -0.1) is 0 Å². The van der Waals surface area contributed by atoms with Crippen LogP contribution in [-0.2, 0) is 5.54 Å². The lowest BCUT2D eigenvalue weighted by molar-refractivity contribution is 0.146. The van der Waals surface area contributed by atoms with Crippen LogP contribution in [0.4, 0.5) is 13.2 Å². The van der Waals surface area contributed by atoms with Crippen LogP contribution in [0.25, 0.3) is 0 Å². The van der Waals surface area contributed by atoms with Gasteiger partial charge in [-0.05, 0) is 37.9 Å². The minimum absolute atomic E-state index is 0.276. The summed E-state index contributed by atoms with van der Waals surface area (Å²) in [5, 5.41) is 3.27. The number of hydrogen-bond donors (Lipinski definition) is 1. The van der Waals surface area contributed by atoms with Crippen molar-refractivity contribution < 1.29 is 13.2 Å². The Bertz CT molecular complexity index is 384. The van der Waals surface area contributed by atoms with E-state index >= 15 is 0 Å². The summed E-state index contributed by atoms with van der Waals surface area (Å²) in [4.78, 5) is 0. The molecule has 1 aliphatic heterocycles. The Balaban J connectivity index is 2.34. The highest BCUT2D eigenvalue weighted by atomic mass is 19.3. The van der Waals surface area contributed by atoms with Crippen molar-refractivity contribution >= 4 is 0 Å². The largest absolute Gasteiger partial charge is 0.308 e. The topological polar surface area (TPSA) is 12.0 Å². The SMILES string of the molecule is CC1(c2ccc(C(F)F)c(F)c2)CCCN1. The number of nitrogens with one attached hydrogen (secondary N) is 1. The van der Waals surface area contributed by atoms with E-state index in [2.05, 4.69) is 5.32 Å². The number of hydrogen-bond acceptors (Lipinski definition) is 1. The molecule has 0 spiro atoms. The normalized spacial score (nSPS) is 25.3. The third-order valence-corrected chi connectivity index (χ3v) is 3.24. The molecule has 1 aliphatic rings. The van der Waals surface area contributed by atoms with E-state index in [4.69, 9.17) is 0 Å². The van der Waals surface area contributed by atoms with Crippen molar-refractivity contribution in [2.24, 2.45) is 0 Å². The zero-order valence-corrected chi connectivity index (χ0v) is 9.06. The van der Waals surface area contributed by atoms with Gasteiger partial charge in [-0.2, -0.15) is 0 Å². The Morgan fingerprint density at radius 1 is 1.38 bits per heavy atom. The first kappa shape index (κ1) is 11.5. The summed E-state index contributed by atoms with van der Waals surface area (Å²) in [6, 6.07) is 3.99. The molecule has 2 rings (SSSR count). The molecule has 0 radical (unpaired) electrons. The zero-order chi connectivity index (χ0) is 11.8. The highest BCUT2D eigenvalue weighted by molar-refractivity contribution is 5.30. The lowest BCUT2D eigenvalue weighted by Crippen LogP contribution is -2.33. The summed E-state index contributed by atoms with van der Waals surface area (Å²) in [7, 11) is 0. The van der Waals surface area contributed by atoms with Gasteiger partial charge in [0.05, 0.1) is 5.56 Å². The number of benzene rings is 1. The van der Waals surface area contributed by atoms with Gasteiger partial charge >= 0.3 is 0 Å². The van der Waals surface area contributed by atoms with Crippen molar-refractivity contribution in [2.75, 3.05) is 6.54 Å². The molecule has 16 heavy (non-hydrogen) atoms. The van der Waals surface area contributed by atoms with Crippen LogP contribution >= 0.6 is 0 Å². The molecule has 1 N–H and O–H groups in total. The minimum atomic E-state index is -2.75. The van der Waals surface area contributed by atoms with Crippen LogP contribution < -0.4 is 5.32 Å². The van der Waals surface area contributed by atoms with Crippen molar-refractivity contribution in [3.63, 3.8) is 0 Å². The Morgan fingerprint density at radius 3 is 2.62 bits per heavy atom. The van der Waals surface area contributed by atoms with E-state index < -0.39 is 17.8 Å². The third-order valence-electron chi connectivity index (χ3n) is 3.24. The average molecular weight is 229 g/mol. The summed E-state index contributed by atoms with van der Waals surface area (Å²) in [5.74, 6) is -0.817. The molecule has 1 saturated heterocycles. The van der Waals surface area contributed by atoms with Crippen molar-refractivity contribution in [3.05, 3.63) is 35.1 Å². The Morgan fingerprint density at radius 2 is 2.12 bits per heavy atom. The van der Waals surface area contributed by atoms with E-state index in [-0.39, 0.29) is 5.54 Å². The molecule has 88 valence electrons. The van der Waals surface area contributed by atoms with Gasteiger partial charge in [0.1, 0.15) is 5.82 Å². The molecule has 0 amide bonds. The summed E-state index contributed by atoms with van der Waals surface area (Å²) in [6.45, 7) is 2.85. The van der Waals surface area contributed by atoms with E-state index in [0.717, 1.165) is 24.9 Å². The molecule has 4 heteroatoms. The fourth-order valence-corrected chi connectivity index (χ4v) is 2.19. The van der Waals surface area contributed by atoms with Crippen LogP contribution in [0, 0.1) is 5.82 Å². The van der Waals surface area contributed by atoms with Gasteiger partial charge < -0.3 is 5.32 Å². The maximum atomic E-state index is 13.4. The van der Waals surface area contributed by atoms with Crippen LogP contribution in [0.3, 0.4) is 0 Å². The number of rotatable bonds is 2. The molecule has 1 heterocycles. The molecule has 1 unspecified atom stereocenters. The standard InChI is InChI=1S/C12H14F3N/c1-12(5-2-6-16-12)8-3-4-9(11(14)15)10(13)7-8/h3-4,7,11,16H,2,5-6H2,1H3. The summed E-state index contributed by atoms with van der Waals surface area (Å²) in [5.41, 5.74) is -0.0566. The lowest BCUT2D eigenvalue weighted by Gasteiger charge is -2.25. The lowest BCUT2D eigenvalue weighted by atomic mass is 9.90. The van der Waals surface area contributed by atoms with Crippen LogP contribution in [-0.4, -0.2) is 6.54 Å². The maximum Gasteiger partial charge on any atom is 0.266 e. The van der Waals surface area contributed by atoms with Crippen LogP contribution in [0.15, 0.2) is 18.2 Å². The monoisotopic (exact) mass is 229 g/mol. The predicted molar refractivity (Wildman–Crippen MR) is 55.9 cm³/mol. The molecular formula is C12H14F3N. The second kappa shape index (κ2) is 4.09. The molecule has 1 fully saturated rings. The van der Waals surface area contributed by atoms with Crippen molar-refractivity contribution in [3.8, 4) is 0 Å². The van der Waals surface area contributed by atoms with Crippen LogP contribution in [0.1, 0.15) is 37.3 Å². The first-order valence-corrected chi connectivity index (χ1v) is 5.36. The van der Waals surface area contributed by atoms with Gasteiger partial charge in [0.2, 0.25) is 0 Å². The first-order chi connectivity index (χ1) is 7.53. The van der Waals surface area contributed by atoms with E-state index in [9.17, 15) is 13.2 Å². The molecule has 0 aromatic heterocycles. The van der Waals surface area contributed by atoms with E-state index in [1.807, 2.05) is 6.92 Å². The quantitative estimate of drug-likeness (QED) is 0.819. The van der Waals surface area contributed by atoms with Gasteiger partial charge in [-0.3, -0.25) is 0 Å². The Labute approximate surface area is 92.7 Å². The first-order valence-electron chi connectivity index (χ1n) is 5.36. The summed E-state index contributed by atoms with van der Waals surface area (Å²) < 4.78 is 38.2. The van der Waals surface area contributed by atoms with Crippen molar-refractivity contribution in [2.45, 2.75) is 31.7 Å². The highest BCUT2D eigenvalue weighted by Gasteiger charge is 2.30. The predicted octanol–water partition coefficient (Wildman–Crippen LogP) is 3.36. The molecule has 1 aromatic carbocycles. The van der Waals surface area contributed by atoms with E-state index in [1.165, 1.54) is 12.1 Å². The molecule has 0 bridgehead atoms. The van der Waals surface area contributed by atoms with Gasteiger partial charge in [0.25, 0.3) is 6.43 Å². The second-order valence-corrected chi connectivity index (χ2v) is 4.40. The average Bonchev–Trinajstić information content (AvgIpc) is 2.66. The van der Waals surface area contributed by atoms with Crippen LogP contribution in [0.2, 0.25) is 0 Å². The summed E-state index contributed by atoms with van der Waals surface area (Å²) in [6.07, 6.45) is -0.826. The highest BCUT2D eigenvalue weighted by Crippen LogP contribution is 2.32. The second-order valence-electron chi connectivity index (χ2n) is 4.40. The smallest absolute Gasteiger partial charge is 0.266 e. The van der Waals surface area contributed by atoms with Gasteiger partial charge in [0, 0.05) is 5.54 Å². The molecule has 1 nitrogen and oxygen atoms in total. The summed E-state index contributed by atoms with van der Waals surface area (Å²) >= 11 is 0. The van der Waals surface area contributed by atoms with Gasteiger partial charge in [-0.1, -0.05) is 12.1 Å². The molecule has 1 aromatic rings. The van der Waals surface area contributed by atoms with E-state index in [0.29, 0.717) is 0 Å². The molecule has 1 atom stereocenters. The fraction of sp³-hybridized carbons (Fsp3) is 0.500. The number of alkyl halides is 2. The van der Waals surface area contributed by atoms with Crippen molar-refractivity contribution in [1.29, 1.82) is 0 Å². The maximum absolute atomic E-state index is 13.4. The Kier molecular flexibility index (Phi) is 2.93. The molecule has 0 aliphatic carbocycles. The third kappa shape index (κ3) is 1.94. The molecule has 0 saturated carbocycles. The van der Waals surface area contributed by atoms with E-state index in [1.54, 1.807) is 6.07 Å². The fourth-order valence-electron chi connectivity index (χ4n) is 2.19. The zero-order valence-electron chi connectivity index (χ0n) is 9.06. The molecular weight excluding hydrogens is 215 g/mol. The number of halogens is 3. The van der Waals surface area contributed by atoms with Crippen LogP contribution in [0.5, 0.6) is 0 Å². The van der Waals surface area contributed by atoms with Gasteiger partial charge in [-0.25, -0.2) is 13.2 Å². The minimum Gasteiger partial charge on any atom is -0.308 e. The van der Waals surface area contributed by atoms with Gasteiger partial charge in [0.15, 0.2) is 0 Å². The Hall–Kier alpha value is -1.03. The van der Waals surface area contributed by atoms with Crippen molar-refractivity contribution in [1.82, 2.24) is 5.32 Å².